The molecule has 0 fully saturated rings. The van der Waals surface area contributed by atoms with Crippen LogP contribution in [-0.2, 0) is 4.79 Å². The molecule has 0 aliphatic carbocycles. The van der Waals surface area contributed by atoms with Crippen LogP contribution in [0.25, 0.3) is 10.9 Å². The van der Waals surface area contributed by atoms with E-state index in [2.05, 4.69) is 48.6 Å². The Kier molecular flexibility index (Phi) is 7.24. The van der Waals surface area contributed by atoms with Crippen LogP contribution in [0.2, 0.25) is 0 Å². The lowest BCUT2D eigenvalue weighted by Crippen LogP contribution is -2.23. The number of carboxylic acids is 1. The highest BCUT2D eigenvalue weighted by Crippen LogP contribution is 2.23. The maximum atomic E-state index is 13.1. The van der Waals surface area contributed by atoms with Gasteiger partial charge < -0.3 is 9.84 Å². The van der Waals surface area contributed by atoms with Crippen LogP contribution in [0.1, 0.15) is 37.6 Å². The van der Waals surface area contributed by atoms with Gasteiger partial charge in [0.15, 0.2) is 6.61 Å². The second kappa shape index (κ2) is 9.69. The van der Waals surface area contributed by atoms with Crippen molar-refractivity contribution >= 4 is 61.6 Å². The van der Waals surface area contributed by atoms with Crippen molar-refractivity contribution in [3.63, 3.8) is 0 Å². The van der Waals surface area contributed by atoms with Crippen molar-refractivity contribution in [2.75, 3.05) is 6.61 Å². The molecular weight excluding hydrogens is 565 g/mol. The van der Waals surface area contributed by atoms with Gasteiger partial charge >= 0.3 is 5.97 Å². The molecule has 1 atom stereocenters. The standard InChI is InChI=1S/C21H19BrIN3O4/c1-3-12(2)20-25-17-6-5-14(22)9-15(17)21(29)26(20)24-10-13-4-7-18(16(23)8-13)30-11-19(27)28/h4-10,12H,3,11H2,1-2H3,(H,27,28)/t12-/m1/s1. The number of carbonyl (C=O) groups is 1. The molecule has 0 saturated heterocycles. The van der Waals surface area contributed by atoms with Crippen LogP contribution in [-0.4, -0.2) is 33.6 Å². The molecule has 0 spiro atoms. The van der Waals surface area contributed by atoms with Gasteiger partial charge in [0.1, 0.15) is 11.6 Å². The minimum absolute atomic E-state index is 0.0508. The first-order chi connectivity index (χ1) is 14.3. The van der Waals surface area contributed by atoms with Gasteiger partial charge in [-0.1, -0.05) is 29.8 Å². The summed E-state index contributed by atoms with van der Waals surface area (Å²) in [5, 5.41) is 13.7. The van der Waals surface area contributed by atoms with E-state index in [0.717, 1.165) is 20.0 Å². The summed E-state index contributed by atoms with van der Waals surface area (Å²) < 4.78 is 8.13. The van der Waals surface area contributed by atoms with Crippen molar-refractivity contribution in [1.82, 2.24) is 9.66 Å². The summed E-state index contributed by atoms with van der Waals surface area (Å²) in [5.74, 6) is 0.0909. The molecule has 3 aromatic rings. The molecule has 0 amide bonds. The Morgan fingerprint density at radius 2 is 2.13 bits per heavy atom. The first-order valence-corrected chi connectivity index (χ1v) is 11.1. The number of halogens is 2. The van der Waals surface area contributed by atoms with Crippen molar-refractivity contribution in [2.45, 2.75) is 26.2 Å². The second-order valence-corrected chi connectivity index (χ2v) is 8.75. The molecule has 1 aromatic heterocycles. The minimum atomic E-state index is -1.04. The SMILES string of the molecule is CC[C@@H](C)c1nc2ccc(Br)cc2c(=O)n1N=Cc1ccc(OCC(=O)O)c(I)c1. The van der Waals surface area contributed by atoms with Crippen LogP contribution in [0.5, 0.6) is 5.75 Å². The van der Waals surface area contributed by atoms with E-state index >= 15 is 0 Å². The molecular formula is C21H19BrIN3O4. The zero-order valence-electron chi connectivity index (χ0n) is 16.3. The summed E-state index contributed by atoms with van der Waals surface area (Å²) in [6, 6.07) is 10.7. The van der Waals surface area contributed by atoms with Crippen molar-refractivity contribution in [2.24, 2.45) is 5.10 Å². The van der Waals surface area contributed by atoms with Gasteiger partial charge in [-0.2, -0.15) is 9.78 Å². The van der Waals surface area contributed by atoms with Crippen LogP contribution >= 0.6 is 38.5 Å². The Labute approximate surface area is 195 Å². The Hall–Kier alpha value is -2.27. The smallest absolute Gasteiger partial charge is 0.341 e. The Balaban J connectivity index is 2.02. The van der Waals surface area contributed by atoms with Gasteiger partial charge in [0, 0.05) is 10.4 Å². The summed E-state index contributed by atoms with van der Waals surface area (Å²) in [6.07, 6.45) is 2.40. The van der Waals surface area contributed by atoms with Crippen molar-refractivity contribution in [3.8, 4) is 5.75 Å². The van der Waals surface area contributed by atoms with Crippen molar-refractivity contribution < 1.29 is 14.6 Å². The highest BCUT2D eigenvalue weighted by molar-refractivity contribution is 14.1. The normalized spacial score (nSPS) is 12.4. The van der Waals surface area contributed by atoms with Gasteiger partial charge in [-0.25, -0.2) is 9.78 Å². The minimum Gasteiger partial charge on any atom is -0.481 e. The topological polar surface area (TPSA) is 93.8 Å². The molecule has 0 aliphatic rings. The number of fused-ring (bicyclic) bond motifs is 1. The maximum absolute atomic E-state index is 13.1. The molecule has 9 heteroatoms. The predicted octanol–water partition coefficient (Wildman–Crippen LogP) is 4.62. The van der Waals surface area contributed by atoms with E-state index in [1.807, 2.05) is 26.0 Å². The number of nitrogens with zero attached hydrogens (tertiary/aromatic N) is 3. The van der Waals surface area contributed by atoms with Crippen molar-refractivity contribution in [3.05, 3.63) is 66.2 Å². The third kappa shape index (κ3) is 5.07. The van der Waals surface area contributed by atoms with E-state index < -0.39 is 12.6 Å². The van der Waals surface area contributed by atoms with Gasteiger partial charge in [0.05, 0.1) is 20.7 Å². The first kappa shape index (κ1) is 22.4. The molecule has 2 aromatic carbocycles. The molecule has 3 rings (SSSR count). The zero-order valence-corrected chi connectivity index (χ0v) is 20.0. The molecule has 1 N–H and O–H groups in total. The molecule has 0 aliphatic heterocycles. The molecule has 1 heterocycles. The molecule has 30 heavy (non-hydrogen) atoms. The number of aromatic nitrogens is 2. The first-order valence-electron chi connectivity index (χ1n) is 9.20. The number of ether oxygens (including phenoxy) is 1. The van der Waals surface area contributed by atoms with Gasteiger partial charge in [0.2, 0.25) is 0 Å². The highest BCUT2D eigenvalue weighted by atomic mass is 127. The van der Waals surface area contributed by atoms with Gasteiger partial charge in [-0.15, -0.1) is 0 Å². The van der Waals surface area contributed by atoms with E-state index in [0.29, 0.717) is 22.5 Å². The average Bonchev–Trinajstić information content (AvgIpc) is 2.72. The molecule has 0 unspecified atom stereocenters. The summed E-state index contributed by atoms with van der Waals surface area (Å²) in [5.41, 5.74) is 1.15. The van der Waals surface area contributed by atoms with E-state index in [1.165, 1.54) is 4.68 Å². The molecule has 0 bridgehead atoms. The number of carboxylic acid groups (broad SMARTS) is 1. The highest BCUT2D eigenvalue weighted by Gasteiger charge is 2.15. The Morgan fingerprint density at radius 3 is 2.80 bits per heavy atom. The monoisotopic (exact) mass is 583 g/mol. The van der Waals surface area contributed by atoms with E-state index in [-0.39, 0.29) is 11.5 Å². The maximum Gasteiger partial charge on any atom is 0.341 e. The zero-order chi connectivity index (χ0) is 21.8. The number of hydrogen-bond donors (Lipinski definition) is 1. The van der Waals surface area contributed by atoms with E-state index in [1.54, 1.807) is 30.5 Å². The quantitative estimate of drug-likeness (QED) is 0.323. The van der Waals surface area contributed by atoms with E-state index in [4.69, 9.17) is 9.84 Å². The lowest BCUT2D eigenvalue weighted by molar-refractivity contribution is -0.139. The lowest BCUT2D eigenvalue weighted by atomic mass is 10.1. The summed E-state index contributed by atoms with van der Waals surface area (Å²) in [4.78, 5) is 28.5. The predicted molar refractivity (Wildman–Crippen MR) is 128 cm³/mol. The van der Waals surface area contributed by atoms with Crippen LogP contribution in [0.4, 0.5) is 0 Å². The third-order valence-corrected chi connectivity index (χ3v) is 5.85. The van der Waals surface area contributed by atoms with Crippen LogP contribution in [0, 0.1) is 3.57 Å². The Bertz CT molecular complexity index is 1190. The molecule has 0 radical (unpaired) electrons. The lowest BCUT2D eigenvalue weighted by Gasteiger charge is -2.14. The largest absolute Gasteiger partial charge is 0.481 e. The molecule has 156 valence electrons. The number of benzene rings is 2. The Morgan fingerprint density at radius 1 is 1.37 bits per heavy atom. The van der Waals surface area contributed by atoms with Crippen LogP contribution in [0.15, 0.2) is 50.8 Å². The fourth-order valence-corrected chi connectivity index (χ4v) is 3.81. The van der Waals surface area contributed by atoms with Crippen LogP contribution in [0.3, 0.4) is 0 Å². The van der Waals surface area contributed by atoms with Gasteiger partial charge in [0.25, 0.3) is 5.56 Å². The van der Waals surface area contributed by atoms with Crippen LogP contribution < -0.4 is 10.3 Å². The van der Waals surface area contributed by atoms with E-state index in [9.17, 15) is 9.59 Å². The van der Waals surface area contributed by atoms with Gasteiger partial charge in [-0.05, 0) is 71.0 Å². The fourth-order valence-electron chi connectivity index (χ4n) is 2.76. The third-order valence-electron chi connectivity index (χ3n) is 4.52. The van der Waals surface area contributed by atoms with Crippen molar-refractivity contribution in [1.29, 1.82) is 0 Å². The fraction of sp³-hybridized carbons (Fsp3) is 0.238. The number of hydrogen-bond acceptors (Lipinski definition) is 5. The molecule has 7 nitrogen and oxygen atoms in total. The summed E-state index contributed by atoms with van der Waals surface area (Å²) in [7, 11) is 0. The number of rotatable bonds is 7. The summed E-state index contributed by atoms with van der Waals surface area (Å²) in [6.45, 7) is 3.64. The van der Waals surface area contributed by atoms with Gasteiger partial charge in [-0.3, -0.25) is 4.79 Å². The second-order valence-electron chi connectivity index (χ2n) is 6.67. The molecule has 0 saturated carbocycles. The summed E-state index contributed by atoms with van der Waals surface area (Å²) >= 11 is 5.47. The average molecular weight is 584 g/mol. The number of aliphatic carboxylic acids is 1.